The van der Waals surface area contributed by atoms with Crippen LogP contribution in [0.4, 0.5) is 23.4 Å². The number of allylic oxidation sites excluding steroid dienone is 1. The normalized spacial score (nSPS) is 22.8. The Kier molecular flexibility index (Phi) is 8.55. The highest BCUT2D eigenvalue weighted by atomic mass is 35.5. The van der Waals surface area contributed by atoms with Gasteiger partial charge in [0, 0.05) is 36.3 Å². The summed E-state index contributed by atoms with van der Waals surface area (Å²) in [5.74, 6) is -4.47. The van der Waals surface area contributed by atoms with E-state index in [1.54, 1.807) is 12.1 Å². The molecule has 2 aliphatic heterocycles. The van der Waals surface area contributed by atoms with E-state index in [0.717, 1.165) is 18.2 Å². The van der Waals surface area contributed by atoms with Crippen molar-refractivity contribution in [3.63, 3.8) is 0 Å². The molecule has 1 aromatic carbocycles. The number of hydrazine groups is 1. The van der Waals surface area contributed by atoms with Crippen LogP contribution in [-0.2, 0) is 18.9 Å². The van der Waals surface area contributed by atoms with E-state index in [9.17, 15) is 13.2 Å². The van der Waals surface area contributed by atoms with Gasteiger partial charge in [0.2, 0.25) is 0 Å². The standard InChI is InChI=1S/C29H38ClF4N5/c1-17-12-19(10-11-38(17)16-20-8-7-9-22(30)26(20)31)14-23-27(32)21(29(6,33)34)15-24(35-23)36-25-13-18(2)39(37-25)28(3,4)5/h7-9,13,15,17,19,25,37H,10-12,14,16H2,1-6H3,(H,35,36)/t17-,19?,25?/m1/s1. The van der Waals surface area contributed by atoms with Crippen molar-refractivity contribution in [2.45, 2.75) is 91.0 Å². The monoisotopic (exact) mass is 567 g/mol. The highest BCUT2D eigenvalue weighted by Gasteiger charge is 2.34. The first-order valence-corrected chi connectivity index (χ1v) is 13.8. The Morgan fingerprint density at radius 3 is 2.49 bits per heavy atom. The number of rotatable bonds is 7. The molecule has 1 aromatic heterocycles. The molecule has 2 aromatic rings. The van der Waals surface area contributed by atoms with E-state index in [4.69, 9.17) is 11.6 Å². The van der Waals surface area contributed by atoms with E-state index in [1.807, 2.05) is 24.9 Å². The number of nitrogens with one attached hydrogen (secondary N) is 2. The summed E-state index contributed by atoms with van der Waals surface area (Å²) >= 11 is 5.94. The number of benzene rings is 1. The van der Waals surface area contributed by atoms with Gasteiger partial charge in [-0.3, -0.25) is 4.90 Å². The molecule has 4 rings (SSSR count). The molecule has 2 aliphatic rings. The van der Waals surface area contributed by atoms with Crippen LogP contribution >= 0.6 is 11.6 Å². The first-order valence-electron chi connectivity index (χ1n) is 13.4. The van der Waals surface area contributed by atoms with Gasteiger partial charge in [0.1, 0.15) is 17.8 Å². The molecule has 39 heavy (non-hydrogen) atoms. The number of alkyl halides is 2. The highest BCUT2D eigenvalue weighted by molar-refractivity contribution is 6.30. The fourth-order valence-corrected chi connectivity index (χ4v) is 5.76. The topological polar surface area (TPSA) is 43.4 Å². The molecule has 3 heterocycles. The molecule has 0 aliphatic carbocycles. The van der Waals surface area contributed by atoms with E-state index >= 15 is 4.39 Å². The number of hydrogen-bond donors (Lipinski definition) is 2. The molecule has 0 saturated carbocycles. The summed E-state index contributed by atoms with van der Waals surface area (Å²) in [6, 6.07) is 6.18. The maximum Gasteiger partial charge on any atom is 0.273 e. The van der Waals surface area contributed by atoms with Crippen LogP contribution in [-0.4, -0.2) is 39.2 Å². The Hall–Kier alpha value is -2.36. The van der Waals surface area contributed by atoms with Crippen LogP contribution in [0, 0.1) is 17.6 Å². The van der Waals surface area contributed by atoms with Crippen molar-refractivity contribution >= 4 is 17.4 Å². The van der Waals surface area contributed by atoms with Crippen molar-refractivity contribution in [3.05, 3.63) is 69.5 Å². The lowest BCUT2D eigenvalue weighted by Crippen LogP contribution is -2.50. The highest BCUT2D eigenvalue weighted by Crippen LogP contribution is 2.35. The minimum Gasteiger partial charge on any atom is -0.350 e. The molecule has 0 amide bonds. The third-order valence-corrected chi connectivity index (χ3v) is 7.80. The van der Waals surface area contributed by atoms with Crippen LogP contribution in [0.3, 0.4) is 0 Å². The lowest BCUT2D eigenvalue weighted by molar-refractivity contribution is 0.0134. The molecular formula is C29H38ClF4N5. The van der Waals surface area contributed by atoms with Gasteiger partial charge in [-0.1, -0.05) is 23.7 Å². The largest absolute Gasteiger partial charge is 0.350 e. The second-order valence-electron chi connectivity index (χ2n) is 11.9. The van der Waals surface area contributed by atoms with Gasteiger partial charge < -0.3 is 10.3 Å². The van der Waals surface area contributed by atoms with E-state index in [2.05, 4.69) is 41.4 Å². The summed E-state index contributed by atoms with van der Waals surface area (Å²) in [6.45, 7) is 12.0. The van der Waals surface area contributed by atoms with Crippen molar-refractivity contribution in [1.29, 1.82) is 0 Å². The van der Waals surface area contributed by atoms with Crippen molar-refractivity contribution in [1.82, 2.24) is 20.3 Å². The zero-order valence-corrected chi connectivity index (χ0v) is 24.1. The lowest BCUT2D eigenvalue weighted by atomic mass is 9.87. The maximum atomic E-state index is 15.4. The Balaban J connectivity index is 1.49. The number of halogens is 5. The fourth-order valence-electron chi connectivity index (χ4n) is 5.56. The van der Waals surface area contributed by atoms with Crippen LogP contribution in [0.1, 0.15) is 71.2 Å². The van der Waals surface area contributed by atoms with Gasteiger partial charge in [0.15, 0.2) is 5.82 Å². The van der Waals surface area contributed by atoms with E-state index in [0.29, 0.717) is 32.0 Å². The quantitative estimate of drug-likeness (QED) is 0.346. The summed E-state index contributed by atoms with van der Waals surface area (Å²) in [7, 11) is 0. The van der Waals surface area contributed by atoms with Gasteiger partial charge in [0.25, 0.3) is 5.92 Å². The summed E-state index contributed by atoms with van der Waals surface area (Å²) in [5.41, 5.74) is 4.01. The maximum absolute atomic E-state index is 15.4. The number of aromatic nitrogens is 1. The average molecular weight is 568 g/mol. The van der Waals surface area contributed by atoms with Crippen molar-refractivity contribution in [3.8, 4) is 0 Å². The predicted octanol–water partition coefficient (Wildman–Crippen LogP) is 7.23. The second-order valence-corrected chi connectivity index (χ2v) is 12.3. The number of likely N-dealkylation sites (tertiary alicyclic amines) is 1. The Morgan fingerprint density at radius 1 is 1.15 bits per heavy atom. The third kappa shape index (κ3) is 6.87. The number of piperidine rings is 1. The van der Waals surface area contributed by atoms with Gasteiger partial charge in [0.05, 0.1) is 16.3 Å². The van der Waals surface area contributed by atoms with E-state index in [-0.39, 0.29) is 46.6 Å². The summed E-state index contributed by atoms with van der Waals surface area (Å²) in [5, 5.41) is 5.24. The van der Waals surface area contributed by atoms with Gasteiger partial charge in [-0.15, -0.1) is 0 Å². The molecule has 0 bridgehead atoms. The minimum atomic E-state index is -3.36. The smallest absolute Gasteiger partial charge is 0.273 e. The number of nitrogens with zero attached hydrogens (tertiary/aromatic N) is 3. The van der Waals surface area contributed by atoms with Gasteiger partial charge in [-0.25, -0.2) is 28.0 Å². The van der Waals surface area contributed by atoms with Gasteiger partial charge in [-0.2, -0.15) is 0 Å². The average Bonchev–Trinajstić information content (AvgIpc) is 3.20. The van der Waals surface area contributed by atoms with E-state index in [1.165, 1.54) is 6.07 Å². The lowest BCUT2D eigenvalue weighted by Gasteiger charge is -2.38. The number of anilines is 1. The van der Waals surface area contributed by atoms with Crippen LogP contribution in [0.2, 0.25) is 5.02 Å². The summed E-state index contributed by atoms with van der Waals surface area (Å²) in [4.78, 5) is 6.63. The molecule has 1 saturated heterocycles. The SMILES string of the molecule is CC1=CC(Nc2cc(C(C)(F)F)c(F)c(CC3CCN(Cc4cccc(Cl)c4F)[C@H](C)C3)n2)NN1C(C)(C)C. The third-order valence-electron chi connectivity index (χ3n) is 7.51. The predicted molar refractivity (Wildman–Crippen MR) is 147 cm³/mol. The molecule has 214 valence electrons. The van der Waals surface area contributed by atoms with Crippen LogP contribution < -0.4 is 10.7 Å². The molecule has 3 atom stereocenters. The Bertz CT molecular complexity index is 1220. The second kappa shape index (κ2) is 11.3. The van der Waals surface area contributed by atoms with Gasteiger partial charge in [-0.05, 0) is 84.6 Å². The zero-order chi connectivity index (χ0) is 28.7. The van der Waals surface area contributed by atoms with Gasteiger partial charge >= 0.3 is 0 Å². The Labute approximate surface area is 233 Å². The molecule has 2 unspecified atom stereocenters. The first kappa shape index (κ1) is 29.6. The minimum absolute atomic E-state index is 0.0365. The van der Waals surface area contributed by atoms with Crippen LogP contribution in [0.25, 0.3) is 0 Å². The van der Waals surface area contributed by atoms with Crippen molar-refractivity contribution in [2.75, 3.05) is 11.9 Å². The number of hydrogen-bond acceptors (Lipinski definition) is 5. The van der Waals surface area contributed by atoms with Crippen molar-refractivity contribution in [2.24, 2.45) is 5.92 Å². The molecule has 1 fully saturated rings. The summed E-state index contributed by atoms with van der Waals surface area (Å²) in [6.07, 6.45) is 3.25. The molecule has 0 spiro atoms. The Morgan fingerprint density at radius 2 is 1.87 bits per heavy atom. The molecule has 2 N–H and O–H groups in total. The molecule has 0 radical (unpaired) electrons. The summed E-state index contributed by atoms with van der Waals surface area (Å²) < 4.78 is 58.7. The zero-order valence-electron chi connectivity index (χ0n) is 23.4. The van der Waals surface area contributed by atoms with Crippen LogP contribution in [0.5, 0.6) is 0 Å². The molecule has 5 nitrogen and oxygen atoms in total. The fraction of sp³-hybridized carbons (Fsp3) is 0.552. The van der Waals surface area contributed by atoms with Crippen molar-refractivity contribution < 1.29 is 17.6 Å². The van der Waals surface area contributed by atoms with Crippen LogP contribution in [0.15, 0.2) is 36.0 Å². The molecule has 10 heteroatoms. The number of pyridine rings is 1. The first-order chi connectivity index (χ1) is 18.1. The van der Waals surface area contributed by atoms with E-state index < -0.39 is 23.1 Å². The molecular weight excluding hydrogens is 530 g/mol.